The summed E-state index contributed by atoms with van der Waals surface area (Å²) in [5.41, 5.74) is 0. The molecule has 0 aromatic heterocycles. The van der Waals surface area contributed by atoms with E-state index in [-0.39, 0.29) is 17.9 Å². The van der Waals surface area contributed by atoms with Crippen LogP contribution in [0.5, 0.6) is 0 Å². The van der Waals surface area contributed by atoms with Crippen LogP contribution in [0.25, 0.3) is 0 Å². The lowest BCUT2D eigenvalue weighted by Crippen LogP contribution is -2.44. The quantitative estimate of drug-likeness (QED) is 0.724. The zero-order valence-corrected chi connectivity index (χ0v) is 11.8. The second-order valence-electron chi connectivity index (χ2n) is 4.58. The number of nitrogens with one attached hydrogen (secondary N) is 1. The predicted octanol–water partition coefficient (Wildman–Crippen LogP) is 0.425. The van der Waals surface area contributed by atoms with Gasteiger partial charge < -0.3 is 10.1 Å². The van der Waals surface area contributed by atoms with Gasteiger partial charge in [0.05, 0.1) is 11.9 Å². The smallest absolute Gasteiger partial charge is 0.216 e. The normalized spacial score (nSPS) is 23.2. The van der Waals surface area contributed by atoms with Crippen molar-refractivity contribution in [2.24, 2.45) is 0 Å². The Bertz CT molecular complexity index is 313. The first-order valence-electron chi connectivity index (χ1n) is 6.24. The first-order chi connectivity index (χ1) is 8.01. The van der Waals surface area contributed by atoms with Crippen molar-refractivity contribution < 1.29 is 13.2 Å². The average Bonchev–Trinajstić information content (AvgIpc) is 2.77. The van der Waals surface area contributed by atoms with Crippen molar-refractivity contribution in [2.45, 2.75) is 38.8 Å². The maximum Gasteiger partial charge on any atom is 0.216 e. The minimum atomic E-state index is -3.21. The topological polar surface area (TPSA) is 58.6 Å². The molecule has 2 unspecified atom stereocenters. The minimum Gasteiger partial charge on any atom is -0.381 e. The predicted molar refractivity (Wildman–Crippen MR) is 68.5 cm³/mol. The van der Waals surface area contributed by atoms with E-state index in [1.807, 2.05) is 6.92 Å². The lowest BCUT2D eigenvalue weighted by molar-refractivity contribution is 0.134. The van der Waals surface area contributed by atoms with E-state index in [1.165, 1.54) is 0 Å². The van der Waals surface area contributed by atoms with Crippen molar-refractivity contribution in [3.05, 3.63) is 0 Å². The molecule has 0 aliphatic carbocycles. The Balaban J connectivity index is 2.73. The van der Waals surface area contributed by atoms with E-state index in [4.69, 9.17) is 4.74 Å². The monoisotopic (exact) mass is 264 g/mol. The molecule has 1 saturated heterocycles. The summed E-state index contributed by atoms with van der Waals surface area (Å²) in [4.78, 5) is 0. The molecule has 1 aliphatic heterocycles. The summed E-state index contributed by atoms with van der Waals surface area (Å²) in [6, 6.07) is 0.115. The van der Waals surface area contributed by atoms with E-state index >= 15 is 0 Å². The summed E-state index contributed by atoms with van der Waals surface area (Å²) in [5.74, 6) is 0.0694. The van der Waals surface area contributed by atoms with E-state index in [0.717, 1.165) is 25.9 Å². The van der Waals surface area contributed by atoms with Crippen molar-refractivity contribution in [1.29, 1.82) is 0 Å². The van der Waals surface area contributed by atoms with Gasteiger partial charge in [-0.15, -0.1) is 0 Å². The SMILES string of the molecule is CCCN(C1CCNC1)S(=O)(=O)CC(C)OC. The third-order valence-corrected chi connectivity index (χ3v) is 5.18. The van der Waals surface area contributed by atoms with Crippen molar-refractivity contribution in [2.75, 3.05) is 32.5 Å². The molecule has 17 heavy (non-hydrogen) atoms. The number of rotatable bonds is 7. The third-order valence-electron chi connectivity index (χ3n) is 3.09. The van der Waals surface area contributed by atoms with Gasteiger partial charge >= 0.3 is 0 Å². The van der Waals surface area contributed by atoms with Crippen LogP contribution in [0.1, 0.15) is 26.7 Å². The van der Waals surface area contributed by atoms with Crippen LogP contribution in [-0.2, 0) is 14.8 Å². The summed E-state index contributed by atoms with van der Waals surface area (Å²) >= 11 is 0. The second-order valence-corrected chi connectivity index (χ2v) is 6.55. The van der Waals surface area contributed by atoms with Gasteiger partial charge in [0.1, 0.15) is 0 Å². The van der Waals surface area contributed by atoms with E-state index in [2.05, 4.69) is 5.32 Å². The Kier molecular flexibility index (Phi) is 5.85. The first kappa shape index (κ1) is 14.9. The van der Waals surface area contributed by atoms with Gasteiger partial charge in [0.2, 0.25) is 10.0 Å². The molecule has 1 heterocycles. The lowest BCUT2D eigenvalue weighted by Gasteiger charge is -2.28. The van der Waals surface area contributed by atoms with Crippen LogP contribution in [0.4, 0.5) is 0 Å². The first-order valence-corrected chi connectivity index (χ1v) is 7.85. The fourth-order valence-electron chi connectivity index (χ4n) is 2.11. The number of nitrogens with zero attached hydrogens (tertiary/aromatic N) is 1. The van der Waals surface area contributed by atoms with Gasteiger partial charge in [0, 0.05) is 26.2 Å². The molecule has 1 aliphatic rings. The molecule has 2 atom stereocenters. The maximum atomic E-state index is 12.3. The maximum absolute atomic E-state index is 12.3. The standard InChI is InChI=1S/C11H24N2O3S/c1-4-7-13(11-5-6-12-8-11)17(14,15)9-10(2)16-3/h10-12H,4-9H2,1-3H3. The van der Waals surface area contributed by atoms with Crippen molar-refractivity contribution in [3.8, 4) is 0 Å². The molecule has 5 nitrogen and oxygen atoms in total. The Morgan fingerprint density at radius 3 is 2.71 bits per heavy atom. The fraction of sp³-hybridized carbons (Fsp3) is 1.00. The van der Waals surface area contributed by atoms with Gasteiger partial charge in [-0.05, 0) is 26.3 Å². The Hall–Kier alpha value is -0.170. The molecule has 0 saturated carbocycles. The Labute approximate surface area is 105 Å². The molecule has 0 radical (unpaired) electrons. The summed E-state index contributed by atoms with van der Waals surface area (Å²) in [6.45, 7) is 6.06. The van der Waals surface area contributed by atoms with Crippen LogP contribution in [-0.4, -0.2) is 57.4 Å². The number of hydrogen-bond donors (Lipinski definition) is 1. The second kappa shape index (κ2) is 6.68. The molecule has 1 rings (SSSR count). The molecule has 0 aromatic rings. The minimum absolute atomic E-state index is 0.0694. The van der Waals surface area contributed by atoms with Gasteiger partial charge in [0.15, 0.2) is 0 Å². The molecule has 0 spiro atoms. The fourth-order valence-corrected chi connectivity index (χ4v) is 4.13. The lowest BCUT2D eigenvalue weighted by atomic mass is 10.2. The van der Waals surface area contributed by atoms with Gasteiger partial charge in [-0.2, -0.15) is 4.31 Å². The molecule has 0 bridgehead atoms. The van der Waals surface area contributed by atoms with Crippen LogP contribution in [0.15, 0.2) is 0 Å². The van der Waals surface area contributed by atoms with Crippen molar-refractivity contribution in [1.82, 2.24) is 9.62 Å². The molecule has 1 N–H and O–H groups in total. The van der Waals surface area contributed by atoms with Gasteiger partial charge in [-0.1, -0.05) is 6.92 Å². The van der Waals surface area contributed by atoms with Crippen LogP contribution in [0.2, 0.25) is 0 Å². The van der Waals surface area contributed by atoms with E-state index in [1.54, 1.807) is 18.3 Å². The molecule has 6 heteroatoms. The van der Waals surface area contributed by atoms with Crippen LogP contribution >= 0.6 is 0 Å². The van der Waals surface area contributed by atoms with Crippen LogP contribution < -0.4 is 5.32 Å². The van der Waals surface area contributed by atoms with E-state index < -0.39 is 10.0 Å². The molecule has 102 valence electrons. The zero-order valence-electron chi connectivity index (χ0n) is 11.0. The highest BCUT2D eigenvalue weighted by molar-refractivity contribution is 7.89. The summed E-state index contributed by atoms with van der Waals surface area (Å²) < 4.78 is 31.3. The third kappa shape index (κ3) is 4.21. The average molecular weight is 264 g/mol. The molecule has 0 aromatic carbocycles. The zero-order chi connectivity index (χ0) is 12.9. The highest BCUT2D eigenvalue weighted by Crippen LogP contribution is 2.15. The van der Waals surface area contributed by atoms with E-state index in [9.17, 15) is 8.42 Å². The van der Waals surface area contributed by atoms with Crippen molar-refractivity contribution in [3.63, 3.8) is 0 Å². The largest absolute Gasteiger partial charge is 0.381 e. The highest BCUT2D eigenvalue weighted by Gasteiger charge is 2.32. The molecule has 0 amide bonds. The van der Waals surface area contributed by atoms with Crippen LogP contribution in [0, 0.1) is 0 Å². The Morgan fingerprint density at radius 2 is 2.24 bits per heavy atom. The van der Waals surface area contributed by atoms with Gasteiger partial charge in [-0.25, -0.2) is 8.42 Å². The number of ether oxygens (including phenoxy) is 1. The summed E-state index contributed by atoms with van der Waals surface area (Å²) in [5, 5.41) is 3.21. The number of methoxy groups -OCH3 is 1. The molecular formula is C11H24N2O3S. The Morgan fingerprint density at radius 1 is 1.53 bits per heavy atom. The molecule has 1 fully saturated rings. The summed E-state index contributed by atoms with van der Waals surface area (Å²) in [7, 11) is -1.67. The van der Waals surface area contributed by atoms with Crippen LogP contribution in [0.3, 0.4) is 0 Å². The van der Waals surface area contributed by atoms with Crippen molar-refractivity contribution >= 4 is 10.0 Å². The number of sulfonamides is 1. The number of hydrogen-bond acceptors (Lipinski definition) is 4. The van der Waals surface area contributed by atoms with Gasteiger partial charge in [0.25, 0.3) is 0 Å². The molecular weight excluding hydrogens is 240 g/mol. The van der Waals surface area contributed by atoms with Gasteiger partial charge in [-0.3, -0.25) is 0 Å². The summed E-state index contributed by atoms with van der Waals surface area (Å²) in [6.07, 6.45) is 1.49. The highest BCUT2D eigenvalue weighted by atomic mass is 32.2. The van der Waals surface area contributed by atoms with E-state index in [0.29, 0.717) is 6.54 Å².